The van der Waals surface area contributed by atoms with Crippen molar-refractivity contribution in [3.8, 4) is 0 Å². The first-order valence-electron chi connectivity index (χ1n) is 11.1. The number of rotatable bonds is 5. The average molecular weight is 439 g/mol. The highest BCUT2D eigenvalue weighted by molar-refractivity contribution is 5.73. The second-order valence-electron chi connectivity index (χ2n) is 8.62. The van der Waals surface area contributed by atoms with Crippen molar-refractivity contribution in [2.45, 2.75) is 62.9 Å². The molecule has 2 aromatic carbocycles. The highest BCUT2D eigenvalue weighted by Gasteiger charge is 2.37. The molecule has 4 rings (SSSR count). The van der Waals surface area contributed by atoms with Crippen molar-refractivity contribution >= 4 is 11.1 Å². The van der Waals surface area contributed by atoms with Crippen LogP contribution in [-0.2, 0) is 12.8 Å². The van der Waals surface area contributed by atoms with Gasteiger partial charge in [0.1, 0.15) is 35.9 Å². The van der Waals surface area contributed by atoms with Crippen molar-refractivity contribution in [2.24, 2.45) is 0 Å². The third-order valence-corrected chi connectivity index (χ3v) is 6.61. The zero-order valence-corrected chi connectivity index (χ0v) is 17.9. The van der Waals surface area contributed by atoms with Crippen LogP contribution in [0.4, 0.5) is 0 Å². The molecule has 6 N–H and O–H groups in total. The number of allylic oxidation sites excluding steroid dienone is 2. The minimum Gasteiger partial charge on any atom is -0.509 e. The molecule has 0 bridgehead atoms. The maximum atomic E-state index is 10.7. The van der Waals surface area contributed by atoms with Gasteiger partial charge in [0.15, 0.2) is 0 Å². The van der Waals surface area contributed by atoms with Gasteiger partial charge < -0.3 is 30.6 Å². The lowest BCUT2D eigenvalue weighted by atomic mass is 9.84. The van der Waals surface area contributed by atoms with E-state index in [9.17, 15) is 30.6 Å². The molecule has 2 aliphatic carbocycles. The van der Waals surface area contributed by atoms with Crippen LogP contribution in [0.3, 0.4) is 0 Å². The van der Waals surface area contributed by atoms with Gasteiger partial charge in [-0.1, -0.05) is 48.5 Å². The zero-order valence-electron chi connectivity index (χ0n) is 17.9. The molecule has 0 fully saturated rings. The van der Waals surface area contributed by atoms with Gasteiger partial charge in [-0.15, -0.1) is 0 Å². The van der Waals surface area contributed by atoms with Crippen molar-refractivity contribution in [3.63, 3.8) is 0 Å². The van der Waals surface area contributed by atoms with Crippen LogP contribution in [0.5, 0.6) is 0 Å². The van der Waals surface area contributed by atoms with E-state index in [0.717, 1.165) is 47.9 Å². The normalized spacial score (nSPS) is 22.8. The summed E-state index contributed by atoms with van der Waals surface area (Å²) in [6.45, 7) is 0. The Morgan fingerprint density at radius 2 is 0.938 bits per heavy atom. The maximum Gasteiger partial charge on any atom is 0.139 e. The fraction of sp³-hybridized carbons (Fsp3) is 0.385. The molecule has 0 saturated carbocycles. The quantitative estimate of drug-likeness (QED) is 0.399. The maximum absolute atomic E-state index is 10.7. The minimum atomic E-state index is -1.90. The van der Waals surface area contributed by atoms with Crippen molar-refractivity contribution in [2.75, 3.05) is 0 Å². The molecule has 0 radical (unpaired) electrons. The largest absolute Gasteiger partial charge is 0.509 e. The first kappa shape index (κ1) is 22.6. The molecule has 170 valence electrons. The Balaban J connectivity index is 1.58. The molecule has 0 unspecified atom stereocenters. The molecule has 2 aromatic rings. The van der Waals surface area contributed by atoms with Gasteiger partial charge in [0, 0.05) is 0 Å². The standard InChI is InChI=1S/C26H30O6/c27-21(19-13-5-9-15-7-1-3-11-17(15)19)23(29)25(31)26(32)24(30)22(28)20-14-6-10-16-8-2-4-12-18(16)20/h1-4,7-8,11-12,23-32H,5-6,9-10,13-14H2/t23-,24+,25-,26-/m1/s1. The van der Waals surface area contributed by atoms with Crippen LogP contribution < -0.4 is 0 Å². The van der Waals surface area contributed by atoms with E-state index >= 15 is 0 Å². The number of hydrogen-bond donors (Lipinski definition) is 6. The number of hydrogen-bond acceptors (Lipinski definition) is 6. The van der Waals surface area contributed by atoms with Crippen LogP contribution in [0.2, 0.25) is 0 Å². The van der Waals surface area contributed by atoms with Crippen LogP contribution in [0.25, 0.3) is 11.1 Å². The van der Waals surface area contributed by atoms with E-state index < -0.39 is 35.9 Å². The first-order chi connectivity index (χ1) is 15.4. The number of aliphatic hydroxyl groups excluding tert-OH is 6. The summed E-state index contributed by atoms with van der Waals surface area (Å²) in [7, 11) is 0. The number of benzene rings is 2. The first-order valence-corrected chi connectivity index (χ1v) is 11.1. The summed E-state index contributed by atoms with van der Waals surface area (Å²) in [5, 5.41) is 63.8. The summed E-state index contributed by atoms with van der Waals surface area (Å²) in [6.07, 6.45) is -3.07. The molecular formula is C26H30O6. The molecule has 0 heterocycles. The molecule has 32 heavy (non-hydrogen) atoms. The zero-order chi connectivity index (χ0) is 22.8. The van der Waals surface area contributed by atoms with E-state index in [0.29, 0.717) is 24.0 Å². The lowest BCUT2D eigenvalue weighted by Crippen LogP contribution is -2.46. The molecule has 2 aliphatic rings. The van der Waals surface area contributed by atoms with Crippen LogP contribution in [0.15, 0.2) is 60.0 Å². The lowest BCUT2D eigenvalue weighted by Gasteiger charge is -2.29. The fourth-order valence-electron chi connectivity index (χ4n) is 4.83. The Hall–Kier alpha value is -2.64. The highest BCUT2D eigenvalue weighted by Crippen LogP contribution is 2.36. The summed E-state index contributed by atoms with van der Waals surface area (Å²) in [6, 6.07) is 15.1. The Morgan fingerprint density at radius 1 is 0.562 bits per heavy atom. The van der Waals surface area contributed by atoms with Gasteiger partial charge in [0.25, 0.3) is 0 Å². The van der Waals surface area contributed by atoms with Gasteiger partial charge in [-0.25, -0.2) is 0 Å². The summed E-state index contributed by atoms with van der Waals surface area (Å²) < 4.78 is 0. The summed E-state index contributed by atoms with van der Waals surface area (Å²) in [5.74, 6) is -0.850. The monoisotopic (exact) mass is 438 g/mol. The van der Waals surface area contributed by atoms with Gasteiger partial charge in [-0.05, 0) is 71.9 Å². The molecule has 6 nitrogen and oxygen atoms in total. The highest BCUT2D eigenvalue weighted by atomic mass is 16.4. The van der Waals surface area contributed by atoms with Gasteiger partial charge in [0.05, 0.1) is 0 Å². The Kier molecular flexibility index (Phi) is 6.67. The minimum absolute atomic E-state index is 0.425. The second kappa shape index (κ2) is 9.46. The Labute approximate surface area is 187 Å². The van der Waals surface area contributed by atoms with E-state index in [1.54, 1.807) is 0 Å². The van der Waals surface area contributed by atoms with E-state index in [1.165, 1.54) is 0 Å². The second-order valence-corrected chi connectivity index (χ2v) is 8.62. The lowest BCUT2D eigenvalue weighted by molar-refractivity contribution is -0.100. The van der Waals surface area contributed by atoms with Crippen LogP contribution >= 0.6 is 0 Å². The van der Waals surface area contributed by atoms with E-state index in [4.69, 9.17) is 0 Å². The van der Waals surface area contributed by atoms with E-state index in [1.807, 2.05) is 48.5 Å². The smallest absolute Gasteiger partial charge is 0.139 e. The predicted octanol–water partition coefficient (Wildman–Crippen LogP) is 3.04. The summed E-state index contributed by atoms with van der Waals surface area (Å²) in [5.41, 5.74) is 4.73. The average Bonchev–Trinajstić information content (AvgIpc) is 2.85. The summed E-state index contributed by atoms with van der Waals surface area (Å²) >= 11 is 0. The van der Waals surface area contributed by atoms with Crippen molar-refractivity contribution in [1.29, 1.82) is 0 Å². The fourth-order valence-corrected chi connectivity index (χ4v) is 4.83. The molecule has 0 aliphatic heterocycles. The molecule has 6 heteroatoms. The molecule has 4 atom stereocenters. The topological polar surface area (TPSA) is 121 Å². The third-order valence-electron chi connectivity index (χ3n) is 6.61. The van der Waals surface area contributed by atoms with Crippen molar-refractivity contribution in [1.82, 2.24) is 0 Å². The summed E-state index contributed by atoms with van der Waals surface area (Å²) in [4.78, 5) is 0. The molecule has 0 saturated heterocycles. The molecule has 0 amide bonds. The molecular weight excluding hydrogens is 408 g/mol. The van der Waals surface area contributed by atoms with Gasteiger partial charge >= 0.3 is 0 Å². The molecule has 0 spiro atoms. The van der Waals surface area contributed by atoms with Crippen molar-refractivity contribution in [3.05, 3.63) is 82.3 Å². The SMILES string of the molecule is OC(=C1CCCc2ccccc21)[C@@H](O)[C@@H](O)[C@H](O)[C@@H](O)C(O)=C1CCCc2ccccc21. The third kappa shape index (κ3) is 4.19. The van der Waals surface area contributed by atoms with Crippen LogP contribution in [0, 0.1) is 0 Å². The van der Waals surface area contributed by atoms with E-state index in [-0.39, 0.29) is 0 Å². The number of fused-ring (bicyclic) bond motifs is 2. The predicted molar refractivity (Wildman–Crippen MR) is 122 cm³/mol. The van der Waals surface area contributed by atoms with Gasteiger partial charge in [-0.3, -0.25) is 0 Å². The Bertz CT molecular complexity index is 957. The van der Waals surface area contributed by atoms with Crippen LogP contribution in [0.1, 0.15) is 47.9 Å². The van der Waals surface area contributed by atoms with E-state index in [2.05, 4.69) is 0 Å². The number of aliphatic hydroxyl groups is 6. The number of aryl methyl sites for hydroxylation is 2. The van der Waals surface area contributed by atoms with Gasteiger partial charge in [-0.2, -0.15) is 0 Å². The Morgan fingerprint density at radius 3 is 1.34 bits per heavy atom. The molecule has 0 aromatic heterocycles. The van der Waals surface area contributed by atoms with Gasteiger partial charge in [0.2, 0.25) is 0 Å². The van der Waals surface area contributed by atoms with Crippen molar-refractivity contribution < 1.29 is 30.6 Å². The van der Waals surface area contributed by atoms with Crippen LogP contribution in [-0.4, -0.2) is 55.1 Å².